The van der Waals surface area contributed by atoms with E-state index in [2.05, 4.69) is 0 Å². The zero-order valence-corrected chi connectivity index (χ0v) is 12.8. The molecule has 23 heavy (non-hydrogen) atoms. The standard InChI is InChI=1S/C18H16O5/c1-22-14-8-7-11(9-15(14)23-2)18(10-19)16(20)12-5-3-4-6-13(12)17(18)21/h3-9,19H,10H2,1-2H3. The molecule has 118 valence electrons. The van der Waals surface area contributed by atoms with Crippen molar-refractivity contribution in [3.63, 3.8) is 0 Å². The molecular weight excluding hydrogens is 296 g/mol. The number of hydrogen-bond acceptors (Lipinski definition) is 5. The summed E-state index contributed by atoms with van der Waals surface area (Å²) in [6, 6.07) is 11.4. The summed E-state index contributed by atoms with van der Waals surface area (Å²) in [6.07, 6.45) is 0. The Balaban J connectivity index is 2.21. The Hall–Kier alpha value is -2.66. The van der Waals surface area contributed by atoms with E-state index in [1.54, 1.807) is 42.5 Å². The maximum absolute atomic E-state index is 12.9. The van der Waals surface area contributed by atoms with Crippen LogP contribution in [0, 0.1) is 0 Å². The lowest BCUT2D eigenvalue weighted by atomic mass is 9.76. The minimum atomic E-state index is -1.62. The van der Waals surface area contributed by atoms with Crippen molar-refractivity contribution in [3.05, 3.63) is 59.2 Å². The van der Waals surface area contributed by atoms with Crippen molar-refractivity contribution in [1.82, 2.24) is 0 Å². The number of aliphatic hydroxyl groups is 1. The lowest BCUT2D eigenvalue weighted by Crippen LogP contribution is -2.42. The Labute approximate surface area is 133 Å². The van der Waals surface area contributed by atoms with Crippen LogP contribution in [-0.2, 0) is 5.41 Å². The van der Waals surface area contributed by atoms with E-state index in [4.69, 9.17) is 9.47 Å². The molecule has 5 heteroatoms. The molecule has 5 nitrogen and oxygen atoms in total. The van der Waals surface area contributed by atoms with Crippen molar-refractivity contribution in [2.75, 3.05) is 20.8 Å². The van der Waals surface area contributed by atoms with Gasteiger partial charge in [-0.05, 0) is 17.7 Å². The molecule has 0 amide bonds. The monoisotopic (exact) mass is 312 g/mol. The Morgan fingerprint density at radius 3 is 1.96 bits per heavy atom. The molecule has 0 heterocycles. The van der Waals surface area contributed by atoms with Crippen LogP contribution in [0.1, 0.15) is 26.3 Å². The van der Waals surface area contributed by atoms with E-state index >= 15 is 0 Å². The van der Waals surface area contributed by atoms with Gasteiger partial charge in [-0.25, -0.2) is 0 Å². The Bertz CT molecular complexity index is 759. The summed E-state index contributed by atoms with van der Waals surface area (Å²) >= 11 is 0. The number of carbonyl (C=O) groups excluding carboxylic acids is 2. The maximum atomic E-state index is 12.9. The molecular formula is C18H16O5. The van der Waals surface area contributed by atoms with Crippen LogP contribution in [0.15, 0.2) is 42.5 Å². The van der Waals surface area contributed by atoms with Gasteiger partial charge >= 0.3 is 0 Å². The van der Waals surface area contributed by atoms with E-state index in [1.165, 1.54) is 14.2 Å². The van der Waals surface area contributed by atoms with Crippen LogP contribution < -0.4 is 9.47 Å². The van der Waals surface area contributed by atoms with Gasteiger partial charge in [0.15, 0.2) is 23.1 Å². The molecule has 0 spiro atoms. The molecule has 1 aliphatic carbocycles. The highest BCUT2D eigenvalue weighted by atomic mass is 16.5. The van der Waals surface area contributed by atoms with Gasteiger partial charge in [0, 0.05) is 11.1 Å². The van der Waals surface area contributed by atoms with Gasteiger partial charge < -0.3 is 14.6 Å². The summed E-state index contributed by atoms with van der Waals surface area (Å²) in [5.41, 5.74) is -0.560. The number of ether oxygens (including phenoxy) is 2. The summed E-state index contributed by atoms with van der Waals surface area (Å²) in [4.78, 5) is 25.7. The largest absolute Gasteiger partial charge is 0.493 e. The Morgan fingerprint density at radius 1 is 0.913 bits per heavy atom. The Kier molecular flexibility index (Phi) is 3.66. The number of rotatable bonds is 4. The quantitative estimate of drug-likeness (QED) is 0.874. The lowest BCUT2D eigenvalue weighted by molar-refractivity contribution is 0.0711. The van der Waals surface area contributed by atoms with E-state index < -0.39 is 23.6 Å². The zero-order valence-electron chi connectivity index (χ0n) is 12.8. The van der Waals surface area contributed by atoms with Crippen LogP contribution in [-0.4, -0.2) is 37.5 Å². The van der Waals surface area contributed by atoms with Gasteiger partial charge in [0.25, 0.3) is 0 Å². The molecule has 0 aliphatic heterocycles. The molecule has 2 aromatic carbocycles. The fourth-order valence-electron chi connectivity index (χ4n) is 3.04. The summed E-state index contributed by atoms with van der Waals surface area (Å²) in [5.74, 6) is 0.0924. The average Bonchev–Trinajstić information content (AvgIpc) is 2.83. The van der Waals surface area contributed by atoms with E-state index in [0.29, 0.717) is 28.2 Å². The van der Waals surface area contributed by atoms with Crippen LogP contribution in [0.3, 0.4) is 0 Å². The minimum absolute atomic E-state index is 0.335. The van der Waals surface area contributed by atoms with Gasteiger partial charge in [-0.3, -0.25) is 9.59 Å². The second-order valence-corrected chi connectivity index (χ2v) is 5.34. The third-order valence-corrected chi connectivity index (χ3v) is 4.31. The van der Waals surface area contributed by atoms with Crippen LogP contribution in [0.25, 0.3) is 0 Å². The van der Waals surface area contributed by atoms with Gasteiger partial charge in [-0.1, -0.05) is 30.3 Å². The van der Waals surface area contributed by atoms with Gasteiger partial charge in [0.05, 0.1) is 20.8 Å². The SMILES string of the molecule is COc1ccc(C2(CO)C(=O)c3ccccc3C2=O)cc1OC. The topological polar surface area (TPSA) is 72.8 Å². The summed E-state index contributed by atoms with van der Waals surface area (Å²) in [7, 11) is 2.97. The number of carbonyl (C=O) groups is 2. The second-order valence-electron chi connectivity index (χ2n) is 5.34. The van der Waals surface area contributed by atoms with Crippen LogP contribution in [0.4, 0.5) is 0 Å². The first kappa shape index (κ1) is 15.2. The summed E-state index contributed by atoms with van der Waals surface area (Å²) < 4.78 is 10.4. The number of aliphatic hydroxyl groups excluding tert-OH is 1. The van der Waals surface area contributed by atoms with Crippen molar-refractivity contribution in [3.8, 4) is 11.5 Å². The van der Waals surface area contributed by atoms with Gasteiger partial charge in [0.1, 0.15) is 5.41 Å². The average molecular weight is 312 g/mol. The number of Topliss-reactive ketones (excluding diaryl/α,β-unsaturated/α-hetero) is 2. The minimum Gasteiger partial charge on any atom is -0.493 e. The summed E-state index contributed by atoms with van der Waals surface area (Å²) in [6.45, 7) is -0.602. The third kappa shape index (κ3) is 1.97. The van der Waals surface area contributed by atoms with Gasteiger partial charge in [0.2, 0.25) is 0 Å². The van der Waals surface area contributed by atoms with E-state index in [-0.39, 0.29) is 0 Å². The maximum Gasteiger partial charge on any atom is 0.184 e. The number of methoxy groups -OCH3 is 2. The number of fused-ring (bicyclic) bond motifs is 1. The van der Waals surface area contributed by atoms with Crippen molar-refractivity contribution in [2.24, 2.45) is 0 Å². The molecule has 0 aromatic heterocycles. The molecule has 0 saturated heterocycles. The molecule has 1 aliphatic rings. The molecule has 0 saturated carbocycles. The highest BCUT2D eigenvalue weighted by molar-refractivity contribution is 6.33. The van der Waals surface area contributed by atoms with E-state index in [9.17, 15) is 14.7 Å². The normalized spacial score (nSPS) is 15.4. The van der Waals surface area contributed by atoms with Crippen molar-refractivity contribution in [1.29, 1.82) is 0 Å². The first-order valence-electron chi connectivity index (χ1n) is 7.12. The van der Waals surface area contributed by atoms with Crippen molar-refractivity contribution >= 4 is 11.6 Å². The Morgan fingerprint density at radius 2 is 1.48 bits per heavy atom. The second kappa shape index (κ2) is 5.52. The highest BCUT2D eigenvalue weighted by Gasteiger charge is 2.54. The third-order valence-electron chi connectivity index (χ3n) is 4.31. The van der Waals surface area contributed by atoms with Crippen molar-refractivity contribution in [2.45, 2.75) is 5.41 Å². The van der Waals surface area contributed by atoms with Gasteiger partial charge in [-0.15, -0.1) is 0 Å². The van der Waals surface area contributed by atoms with Crippen molar-refractivity contribution < 1.29 is 24.2 Å². The first-order chi connectivity index (χ1) is 11.1. The molecule has 0 unspecified atom stereocenters. The molecule has 0 bridgehead atoms. The molecule has 0 radical (unpaired) electrons. The number of benzene rings is 2. The first-order valence-corrected chi connectivity index (χ1v) is 7.12. The molecule has 2 aromatic rings. The fourth-order valence-corrected chi connectivity index (χ4v) is 3.04. The smallest absolute Gasteiger partial charge is 0.184 e. The fraction of sp³-hybridized carbons (Fsp3) is 0.222. The molecule has 3 rings (SSSR count). The highest BCUT2D eigenvalue weighted by Crippen LogP contribution is 2.42. The number of ketones is 2. The van der Waals surface area contributed by atoms with Gasteiger partial charge in [-0.2, -0.15) is 0 Å². The van der Waals surface area contributed by atoms with E-state index in [0.717, 1.165) is 0 Å². The lowest BCUT2D eigenvalue weighted by Gasteiger charge is -2.24. The predicted molar refractivity (Wildman–Crippen MR) is 83.4 cm³/mol. The van der Waals surface area contributed by atoms with Crippen LogP contribution in [0.5, 0.6) is 11.5 Å². The van der Waals surface area contributed by atoms with Crippen LogP contribution >= 0.6 is 0 Å². The molecule has 1 N–H and O–H groups in total. The van der Waals surface area contributed by atoms with E-state index in [1.807, 2.05) is 0 Å². The molecule has 0 fully saturated rings. The summed E-state index contributed by atoms with van der Waals surface area (Å²) in [5, 5.41) is 9.96. The number of hydrogen-bond donors (Lipinski definition) is 1. The zero-order chi connectivity index (χ0) is 16.6. The predicted octanol–water partition coefficient (Wildman–Crippen LogP) is 2.01. The molecule has 0 atom stereocenters. The van der Waals surface area contributed by atoms with Crippen LogP contribution in [0.2, 0.25) is 0 Å².